The average Bonchev–Trinajstić information content (AvgIpc) is 2.93. The largest absolute Gasteiger partial charge is 0.396 e. The van der Waals surface area contributed by atoms with Gasteiger partial charge < -0.3 is 5.11 Å². The number of benzene rings is 1. The standard InChI is InChI=1S/C16H21N3O/c20-10-4-8-15-12-19(18-17-15)11-14-7-3-6-13-5-1-2-9-16(13)14/h1-2,5,9,12,14,20H,3-4,6-8,10-11H2. The lowest BCUT2D eigenvalue weighted by Gasteiger charge is -2.25. The first-order valence-electron chi connectivity index (χ1n) is 7.44. The van der Waals surface area contributed by atoms with E-state index in [1.165, 1.54) is 30.4 Å². The molecule has 0 saturated heterocycles. The molecule has 0 aliphatic heterocycles. The fourth-order valence-electron chi connectivity index (χ4n) is 3.07. The van der Waals surface area contributed by atoms with Crippen molar-refractivity contribution in [2.24, 2.45) is 0 Å². The smallest absolute Gasteiger partial charge is 0.0828 e. The minimum Gasteiger partial charge on any atom is -0.396 e. The molecule has 1 N–H and O–H groups in total. The van der Waals surface area contributed by atoms with Crippen molar-refractivity contribution in [3.63, 3.8) is 0 Å². The lowest BCUT2D eigenvalue weighted by Crippen LogP contribution is -2.15. The molecule has 4 nitrogen and oxygen atoms in total. The molecule has 1 atom stereocenters. The number of aryl methyl sites for hydroxylation is 2. The van der Waals surface area contributed by atoms with Gasteiger partial charge in [0, 0.05) is 25.3 Å². The quantitative estimate of drug-likeness (QED) is 0.908. The fourth-order valence-corrected chi connectivity index (χ4v) is 3.07. The van der Waals surface area contributed by atoms with E-state index in [1.54, 1.807) is 0 Å². The normalized spacial score (nSPS) is 17.9. The summed E-state index contributed by atoms with van der Waals surface area (Å²) in [5.74, 6) is 0.548. The van der Waals surface area contributed by atoms with Gasteiger partial charge in [-0.25, -0.2) is 0 Å². The number of hydrogen-bond donors (Lipinski definition) is 1. The maximum absolute atomic E-state index is 8.85. The highest BCUT2D eigenvalue weighted by Crippen LogP contribution is 2.32. The Kier molecular flexibility index (Phi) is 4.11. The Labute approximate surface area is 119 Å². The third kappa shape index (κ3) is 2.90. The van der Waals surface area contributed by atoms with Gasteiger partial charge in [-0.3, -0.25) is 4.68 Å². The fraction of sp³-hybridized carbons (Fsp3) is 0.500. The first-order chi connectivity index (χ1) is 9.86. The number of aliphatic hydroxyl groups is 1. The molecular formula is C16H21N3O. The minimum absolute atomic E-state index is 0.211. The highest BCUT2D eigenvalue weighted by Gasteiger charge is 2.20. The number of aliphatic hydroxyl groups excluding tert-OH is 1. The van der Waals surface area contributed by atoms with Gasteiger partial charge in [0.05, 0.1) is 5.69 Å². The molecule has 20 heavy (non-hydrogen) atoms. The Morgan fingerprint density at radius 3 is 3.10 bits per heavy atom. The second kappa shape index (κ2) is 6.18. The molecule has 106 valence electrons. The van der Waals surface area contributed by atoms with Crippen LogP contribution in [0.1, 0.15) is 42.0 Å². The van der Waals surface area contributed by atoms with Crippen LogP contribution < -0.4 is 0 Å². The van der Waals surface area contributed by atoms with Gasteiger partial charge in [-0.1, -0.05) is 29.5 Å². The van der Waals surface area contributed by atoms with E-state index < -0.39 is 0 Å². The van der Waals surface area contributed by atoms with Crippen LogP contribution in [0.2, 0.25) is 0 Å². The number of nitrogens with zero attached hydrogens (tertiary/aromatic N) is 3. The maximum Gasteiger partial charge on any atom is 0.0828 e. The summed E-state index contributed by atoms with van der Waals surface area (Å²) in [6, 6.07) is 8.76. The highest BCUT2D eigenvalue weighted by molar-refractivity contribution is 5.32. The molecule has 0 saturated carbocycles. The number of aromatic nitrogens is 3. The molecular weight excluding hydrogens is 250 g/mol. The van der Waals surface area contributed by atoms with Gasteiger partial charge in [-0.2, -0.15) is 0 Å². The van der Waals surface area contributed by atoms with Crippen LogP contribution in [-0.4, -0.2) is 26.7 Å². The molecule has 1 aliphatic rings. The predicted molar refractivity (Wildman–Crippen MR) is 77.5 cm³/mol. The van der Waals surface area contributed by atoms with Gasteiger partial charge in [0.15, 0.2) is 0 Å². The second-order valence-electron chi connectivity index (χ2n) is 5.55. The molecule has 1 heterocycles. The van der Waals surface area contributed by atoms with Crippen molar-refractivity contribution in [3.05, 3.63) is 47.3 Å². The summed E-state index contributed by atoms with van der Waals surface area (Å²) >= 11 is 0. The molecule has 1 aliphatic carbocycles. The molecule has 3 rings (SSSR count). The van der Waals surface area contributed by atoms with Gasteiger partial charge in [0.2, 0.25) is 0 Å². The van der Waals surface area contributed by atoms with E-state index in [2.05, 4.69) is 34.6 Å². The number of hydrogen-bond acceptors (Lipinski definition) is 3. The van der Waals surface area contributed by atoms with Crippen molar-refractivity contribution in [2.75, 3.05) is 6.61 Å². The molecule has 0 radical (unpaired) electrons. The topological polar surface area (TPSA) is 50.9 Å². The lowest BCUT2D eigenvalue weighted by molar-refractivity contribution is 0.288. The average molecular weight is 271 g/mol. The van der Waals surface area contributed by atoms with Crippen LogP contribution in [0.25, 0.3) is 0 Å². The zero-order chi connectivity index (χ0) is 13.8. The van der Waals surface area contributed by atoms with Gasteiger partial charge in [-0.15, -0.1) is 5.10 Å². The summed E-state index contributed by atoms with van der Waals surface area (Å²) in [7, 11) is 0. The van der Waals surface area contributed by atoms with Crippen molar-refractivity contribution in [1.82, 2.24) is 15.0 Å². The van der Waals surface area contributed by atoms with Crippen molar-refractivity contribution < 1.29 is 5.11 Å². The summed E-state index contributed by atoms with van der Waals surface area (Å²) in [5.41, 5.74) is 3.94. The summed E-state index contributed by atoms with van der Waals surface area (Å²) in [5, 5.41) is 17.2. The molecule has 2 aromatic rings. The SMILES string of the molecule is OCCCc1cn(CC2CCCc3ccccc32)nn1. The third-order valence-corrected chi connectivity index (χ3v) is 4.08. The second-order valence-corrected chi connectivity index (χ2v) is 5.55. The van der Waals surface area contributed by atoms with Crippen molar-refractivity contribution >= 4 is 0 Å². The van der Waals surface area contributed by atoms with Crippen molar-refractivity contribution in [3.8, 4) is 0 Å². The van der Waals surface area contributed by atoms with E-state index in [0.29, 0.717) is 5.92 Å². The number of fused-ring (bicyclic) bond motifs is 1. The van der Waals surface area contributed by atoms with Crippen molar-refractivity contribution in [2.45, 2.75) is 44.6 Å². The summed E-state index contributed by atoms with van der Waals surface area (Å²) < 4.78 is 1.96. The number of rotatable bonds is 5. The zero-order valence-electron chi connectivity index (χ0n) is 11.7. The molecule has 0 fully saturated rings. The third-order valence-electron chi connectivity index (χ3n) is 4.08. The molecule has 1 unspecified atom stereocenters. The Morgan fingerprint density at radius 2 is 2.20 bits per heavy atom. The predicted octanol–water partition coefficient (Wildman–Crippen LogP) is 2.32. The zero-order valence-corrected chi connectivity index (χ0v) is 11.7. The van der Waals surface area contributed by atoms with Crippen LogP contribution in [-0.2, 0) is 19.4 Å². The lowest BCUT2D eigenvalue weighted by atomic mass is 9.83. The molecule has 0 amide bonds. The van der Waals surface area contributed by atoms with E-state index in [-0.39, 0.29) is 6.61 Å². The molecule has 4 heteroatoms. The molecule has 1 aromatic heterocycles. The Hall–Kier alpha value is -1.68. The van der Waals surface area contributed by atoms with Gasteiger partial charge in [-0.05, 0) is 43.2 Å². The van der Waals surface area contributed by atoms with Gasteiger partial charge in [0.25, 0.3) is 0 Å². The van der Waals surface area contributed by atoms with E-state index in [0.717, 1.165) is 25.1 Å². The van der Waals surface area contributed by atoms with Crippen molar-refractivity contribution in [1.29, 1.82) is 0 Å². The van der Waals surface area contributed by atoms with Crippen LogP contribution in [0.15, 0.2) is 30.5 Å². The molecule has 0 spiro atoms. The van der Waals surface area contributed by atoms with Crippen LogP contribution in [0, 0.1) is 0 Å². The summed E-state index contributed by atoms with van der Waals surface area (Å²) in [4.78, 5) is 0. The van der Waals surface area contributed by atoms with Crippen LogP contribution in [0.5, 0.6) is 0 Å². The first-order valence-corrected chi connectivity index (χ1v) is 7.44. The van der Waals surface area contributed by atoms with E-state index >= 15 is 0 Å². The molecule has 1 aromatic carbocycles. The van der Waals surface area contributed by atoms with E-state index in [1.807, 2.05) is 10.9 Å². The van der Waals surface area contributed by atoms with E-state index in [9.17, 15) is 0 Å². The van der Waals surface area contributed by atoms with Crippen LogP contribution in [0.3, 0.4) is 0 Å². The van der Waals surface area contributed by atoms with Crippen LogP contribution >= 0.6 is 0 Å². The highest BCUT2D eigenvalue weighted by atomic mass is 16.2. The Bertz CT molecular complexity index is 564. The van der Waals surface area contributed by atoms with Gasteiger partial charge >= 0.3 is 0 Å². The minimum atomic E-state index is 0.211. The van der Waals surface area contributed by atoms with Crippen LogP contribution in [0.4, 0.5) is 0 Å². The Morgan fingerprint density at radius 1 is 1.30 bits per heavy atom. The monoisotopic (exact) mass is 271 g/mol. The van der Waals surface area contributed by atoms with E-state index in [4.69, 9.17) is 5.11 Å². The summed E-state index contributed by atoms with van der Waals surface area (Å²) in [6.45, 7) is 1.12. The summed E-state index contributed by atoms with van der Waals surface area (Å²) in [6.07, 6.45) is 7.26. The Balaban J connectivity index is 1.71. The molecule has 0 bridgehead atoms. The first kappa shape index (κ1) is 13.3. The van der Waals surface area contributed by atoms with Gasteiger partial charge in [0.1, 0.15) is 0 Å². The maximum atomic E-state index is 8.85.